The van der Waals surface area contributed by atoms with E-state index in [4.69, 9.17) is 0 Å². The molecule has 0 radical (unpaired) electrons. The van der Waals surface area contributed by atoms with Crippen LogP contribution in [0.5, 0.6) is 0 Å². The van der Waals surface area contributed by atoms with Crippen LogP contribution in [-0.2, 0) is 6.54 Å². The van der Waals surface area contributed by atoms with Crippen molar-refractivity contribution in [3.05, 3.63) is 16.1 Å². The molecule has 0 aromatic carbocycles. The zero-order valence-corrected chi connectivity index (χ0v) is 12.2. The van der Waals surface area contributed by atoms with Crippen LogP contribution in [0.25, 0.3) is 0 Å². The highest BCUT2D eigenvalue weighted by Crippen LogP contribution is 2.38. The monoisotopic (exact) mass is 274 g/mol. The normalized spacial score (nSPS) is 21.6. The first-order chi connectivity index (χ1) is 7.75. The van der Waals surface area contributed by atoms with Crippen molar-refractivity contribution in [1.82, 2.24) is 10.3 Å². The number of aromatic nitrogens is 1. The van der Waals surface area contributed by atoms with Crippen LogP contribution in [0.15, 0.2) is 6.20 Å². The predicted octanol–water partition coefficient (Wildman–Crippen LogP) is 3.16. The van der Waals surface area contributed by atoms with Crippen LogP contribution in [-0.4, -0.2) is 28.3 Å². The number of hydrogen-bond acceptors (Lipinski definition) is 5. The lowest BCUT2D eigenvalue weighted by atomic mass is 10.4. The molecule has 0 saturated carbocycles. The van der Waals surface area contributed by atoms with Crippen LogP contribution in [0.3, 0.4) is 0 Å². The molecule has 1 aliphatic heterocycles. The zero-order valence-electron chi connectivity index (χ0n) is 9.73. The molecule has 1 atom stereocenters. The van der Waals surface area contributed by atoms with E-state index in [9.17, 15) is 0 Å². The lowest BCUT2D eigenvalue weighted by Crippen LogP contribution is -2.21. The molecule has 1 saturated heterocycles. The summed E-state index contributed by atoms with van der Waals surface area (Å²) in [6.45, 7) is 5.31. The van der Waals surface area contributed by atoms with Gasteiger partial charge in [0.15, 0.2) is 0 Å². The van der Waals surface area contributed by atoms with Gasteiger partial charge in [-0.2, -0.15) is 11.8 Å². The summed E-state index contributed by atoms with van der Waals surface area (Å²) in [5, 5.41) is 5.39. The summed E-state index contributed by atoms with van der Waals surface area (Å²) in [6, 6.07) is 0.546. The zero-order chi connectivity index (χ0) is 11.4. The maximum atomic E-state index is 4.56. The average Bonchev–Trinajstić information content (AvgIpc) is 2.76. The van der Waals surface area contributed by atoms with Crippen LogP contribution in [0.2, 0.25) is 0 Å². The third-order valence-corrected chi connectivity index (χ3v) is 6.37. The van der Waals surface area contributed by atoms with Crippen molar-refractivity contribution in [2.75, 3.05) is 17.3 Å². The molecule has 1 unspecified atom stereocenters. The van der Waals surface area contributed by atoms with Crippen LogP contribution < -0.4 is 5.32 Å². The minimum absolute atomic E-state index is 0.546. The molecule has 1 aromatic rings. The second-order valence-electron chi connectivity index (χ2n) is 4.13. The van der Waals surface area contributed by atoms with Gasteiger partial charge in [-0.05, 0) is 0 Å². The van der Waals surface area contributed by atoms with Gasteiger partial charge in [0.25, 0.3) is 0 Å². The van der Waals surface area contributed by atoms with Crippen molar-refractivity contribution in [3.8, 4) is 0 Å². The molecule has 1 N–H and O–H groups in total. The number of rotatable bonds is 4. The first-order valence-electron chi connectivity index (χ1n) is 5.63. The van der Waals surface area contributed by atoms with Gasteiger partial charge >= 0.3 is 0 Å². The van der Waals surface area contributed by atoms with Crippen molar-refractivity contribution >= 4 is 34.9 Å². The van der Waals surface area contributed by atoms with E-state index in [1.807, 2.05) is 17.5 Å². The molecule has 0 spiro atoms. The molecule has 2 heterocycles. The Labute approximate surface area is 110 Å². The number of nitrogens with one attached hydrogen (secondary N) is 1. The van der Waals surface area contributed by atoms with Gasteiger partial charge in [-0.3, -0.25) is 0 Å². The Kier molecular flexibility index (Phi) is 5.00. The van der Waals surface area contributed by atoms with Gasteiger partial charge < -0.3 is 5.32 Å². The van der Waals surface area contributed by atoms with Gasteiger partial charge in [-0.25, -0.2) is 4.98 Å². The second-order valence-corrected chi connectivity index (χ2v) is 7.74. The standard InChI is InChI=1S/C11H18N2S3/c1-8(2)12-5-9-6-13-11(16-9)10-7-14-3-4-15-10/h6,8,10,12H,3-5,7H2,1-2H3. The summed E-state index contributed by atoms with van der Waals surface area (Å²) in [6.07, 6.45) is 2.04. The topological polar surface area (TPSA) is 24.9 Å². The van der Waals surface area contributed by atoms with Gasteiger partial charge in [0, 0.05) is 40.9 Å². The number of thiazole rings is 1. The molecule has 1 aliphatic rings. The fraction of sp³-hybridized carbons (Fsp3) is 0.727. The number of nitrogens with zero attached hydrogens (tertiary/aromatic N) is 1. The van der Waals surface area contributed by atoms with E-state index >= 15 is 0 Å². The fourth-order valence-electron chi connectivity index (χ4n) is 1.49. The Balaban J connectivity index is 1.90. The van der Waals surface area contributed by atoms with E-state index < -0.39 is 0 Å². The maximum absolute atomic E-state index is 4.56. The number of thioether (sulfide) groups is 2. The van der Waals surface area contributed by atoms with Gasteiger partial charge in [-0.15, -0.1) is 23.1 Å². The third-order valence-electron chi connectivity index (χ3n) is 2.35. The van der Waals surface area contributed by atoms with Crippen molar-refractivity contribution in [2.45, 2.75) is 31.7 Å². The Morgan fingerprint density at radius 3 is 3.06 bits per heavy atom. The molecule has 5 heteroatoms. The van der Waals surface area contributed by atoms with Crippen LogP contribution >= 0.6 is 34.9 Å². The lowest BCUT2D eigenvalue weighted by molar-refractivity contribution is 0.593. The highest BCUT2D eigenvalue weighted by molar-refractivity contribution is 8.06. The van der Waals surface area contributed by atoms with Crippen LogP contribution in [0.1, 0.15) is 29.0 Å². The molecule has 16 heavy (non-hydrogen) atoms. The summed E-state index contributed by atoms with van der Waals surface area (Å²) in [7, 11) is 0. The van der Waals surface area contributed by atoms with Crippen molar-refractivity contribution in [3.63, 3.8) is 0 Å². The molecular formula is C11H18N2S3. The smallest absolute Gasteiger partial charge is 0.107 e. The van der Waals surface area contributed by atoms with Crippen LogP contribution in [0, 0.1) is 0 Å². The summed E-state index contributed by atoms with van der Waals surface area (Å²) >= 11 is 5.99. The lowest BCUT2D eigenvalue weighted by Gasteiger charge is -2.18. The van der Waals surface area contributed by atoms with Gasteiger partial charge in [-0.1, -0.05) is 13.8 Å². The maximum Gasteiger partial charge on any atom is 0.107 e. The third kappa shape index (κ3) is 3.65. The molecule has 1 aromatic heterocycles. The van der Waals surface area contributed by atoms with E-state index in [2.05, 4.69) is 47.7 Å². The summed E-state index contributed by atoms with van der Waals surface area (Å²) in [5.41, 5.74) is 0. The molecule has 0 aliphatic carbocycles. The average molecular weight is 274 g/mol. The fourth-order valence-corrected chi connectivity index (χ4v) is 5.35. The highest BCUT2D eigenvalue weighted by Gasteiger charge is 2.19. The van der Waals surface area contributed by atoms with E-state index in [-0.39, 0.29) is 0 Å². The quantitative estimate of drug-likeness (QED) is 0.911. The first-order valence-corrected chi connectivity index (χ1v) is 8.65. The Hall–Kier alpha value is 0.290. The Morgan fingerprint density at radius 1 is 1.50 bits per heavy atom. The Bertz CT molecular complexity index is 319. The summed E-state index contributed by atoms with van der Waals surface area (Å²) in [5.74, 6) is 3.80. The molecule has 0 bridgehead atoms. The SMILES string of the molecule is CC(C)NCc1cnc(C2CSCCS2)s1. The van der Waals surface area contributed by atoms with E-state index in [1.165, 1.54) is 27.1 Å². The second kappa shape index (κ2) is 6.28. The summed E-state index contributed by atoms with van der Waals surface area (Å²) < 4.78 is 0. The van der Waals surface area contributed by atoms with Gasteiger partial charge in [0.05, 0.1) is 5.25 Å². The predicted molar refractivity (Wildman–Crippen MR) is 76.6 cm³/mol. The van der Waals surface area contributed by atoms with Crippen molar-refractivity contribution < 1.29 is 0 Å². The molecule has 0 amide bonds. The first kappa shape index (κ1) is 12.7. The van der Waals surface area contributed by atoms with Crippen LogP contribution in [0.4, 0.5) is 0 Å². The molecule has 90 valence electrons. The molecular weight excluding hydrogens is 256 g/mol. The van der Waals surface area contributed by atoms with Crippen molar-refractivity contribution in [2.24, 2.45) is 0 Å². The summed E-state index contributed by atoms with van der Waals surface area (Å²) in [4.78, 5) is 5.92. The minimum atomic E-state index is 0.546. The van der Waals surface area contributed by atoms with Gasteiger partial charge in [0.1, 0.15) is 5.01 Å². The molecule has 2 rings (SSSR count). The van der Waals surface area contributed by atoms with E-state index in [0.29, 0.717) is 11.3 Å². The van der Waals surface area contributed by atoms with E-state index in [0.717, 1.165) is 6.54 Å². The molecule has 1 fully saturated rings. The minimum Gasteiger partial charge on any atom is -0.310 e. The Morgan fingerprint density at radius 2 is 2.38 bits per heavy atom. The van der Waals surface area contributed by atoms with Gasteiger partial charge in [0.2, 0.25) is 0 Å². The van der Waals surface area contributed by atoms with Crippen molar-refractivity contribution in [1.29, 1.82) is 0 Å². The highest BCUT2D eigenvalue weighted by atomic mass is 32.2. The molecule has 2 nitrogen and oxygen atoms in total. The van der Waals surface area contributed by atoms with E-state index in [1.54, 1.807) is 0 Å². The number of hydrogen-bond donors (Lipinski definition) is 1. The largest absolute Gasteiger partial charge is 0.310 e.